The standard InChI is InChI=1S/C17H17BrClFO/c1-21-16-4-2-3-12(9-16)7-13(11-18)8-14-5-6-15(20)10-17(14)19/h2-6,9-10,13H,7-8,11H2,1H3. The van der Waals surface area contributed by atoms with E-state index >= 15 is 0 Å². The molecule has 0 spiro atoms. The van der Waals surface area contributed by atoms with Gasteiger partial charge in [-0.25, -0.2) is 4.39 Å². The highest BCUT2D eigenvalue weighted by atomic mass is 79.9. The Hall–Kier alpha value is -1.06. The van der Waals surface area contributed by atoms with E-state index in [1.54, 1.807) is 13.2 Å². The molecule has 112 valence electrons. The van der Waals surface area contributed by atoms with Gasteiger partial charge in [-0.15, -0.1) is 0 Å². The smallest absolute Gasteiger partial charge is 0.124 e. The molecule has 0 amide bonds. The Kier molecular flexibility index (Phi) is 6.07. The number of alkyl halides is 1. The molecular formula is C17H17BrClFO. The summed E-state index contributed by atoms with van der Waals surface area (Å²) >= 11 is 9.66. The Morgan fingerprint density at radius 3 is 2.67 bits per heavy atom. The van der Waals surface area contributed by atoms with Gasteiger partial charge >= 0.3 is 0 Å². The van der Waals surface area contributed by atoms with Crippen LogP contribution in [0.1, 0.15) is 11.1 Å². The molecule has 21 heavy (non-hydrogen) atoms. The fourth-order valence-corrected chi connectivity index (χ4v) is 3.01. The molecule has 2 rings (SSSR count). The summed E-state index contributed by atoms with van der Waals surface area (Å²) in [5.41, 5.74) is 2.20. The first kappa shape index (κ1) is 16.3. The van der Waals surface area contributed by atoms with Crippen molar-refractivity contribution in [2.75, 3.05) is 12.4 Å². The predicted octanol–water partition coefficient (Wildman–Crippen LogP) is 5.28. The molecule has 2 aromatic carbocycles. The van der Waals surface area contributed by atoms with Gasteiger partial charge in [0, 0.05) is 10.4 Å². The van der Waals surface area contributed by atoms with Gasteiger partial charge in [0.05, 0.1) is 7.11 Å². The van der Waals surface area contributed by atoms with Crippen LogP contribution in [-0.2, 0) is 12.8 Å². The van der Waals surface area contributed by atoms with E-state index in [0.29, 0.717) is 10.9 Å². The van der Waals surface area contributed by atoms with E-state index in [1.807, 2.05) is 18.2 Å². The van der Waals surface area contributed by atoms with E-state index in [0.717, 1.165) is 29.5 Å². The Bertz CT molecular complexity index is 603. The van der Waals surface area contributed by atoms with E-state index < -0.39 is 0 Å². The molecule has 0 aliphatic rings. The lowest BCUT2D eigenvalue weighted by atomic mass is 9.94. The molecule has 0 saturated carbocycles. The van der Waals surface area contributed by atoms with Crippen LogP contribution >= 0.6 is 27.5 Å². The molecular weight excluding hydrogens is 355 g/mol. The third kappa shape index (κ3) is 4.72. The molecule has 0 aliphatic carbocycles. The average molecular weight is 372 g/mol. The maximum Gasteiger partial charge on any atom is 0.124 e. The number of halogens is 3. The Morgan fingerprint density at radius 1 is 1.19 bits per heavy atom. The maximum absolute atomic E-state index is 13.1. The van der Waals surface area contributed by atoms with E-state index in [1.165, 1.54) is 17.7 Å². The summed E-state index contributed by atoms with van der Waals surface area (Å²) < 4.78 is 18.3. The van der Waals surface area contributed by atoms with Gasteiger partial charge in [-0.3, -0.25) is 0 Å². The van der Waals surface area contributed by atoms with Crippen LogP contribution in [0.3, 0.4) is 0 Å². The largest absolute Gasteiger partial charge is 0.497 e. The molecule has 2 aromatic rings. The monoisotopic (exact) mass is 370 g/mol. The minimum Gasteiger partial charge on any atom is -0.497 e. The van der Waals surface area contributed by atoms with Crippen molar-refractivity contribution >= 4 is 27.5 Å². The number of methoxy groups -OCH3 is 1. The maximum atomic E-state index is 13.1. The van der Waals surface area contributed by atoms with Gasteiger partial charge < -0.3 is 4.74 Å². The minimum absolute atomic E-state index is 0.299. The van der Waals surface area contributed by atoms with Crippen molar-refractivity contribution in [2.24, 2.45) is 5.92 Å². The molecule has 0 aromatic heterocycles. The summed E-state index contributed by atoms with van der Waals surface area (Å²) in [6, 6.07) is 12.6. The molecule has 0 radical (unpaired) electrons. The van der Waals surface area contributed by atoms with Crippen molar-refractivity contribution in [3.63, 3.8) is 0 Å². The van der Waals surface area contributed by atoms with Gasteiger partial charge in [0.15, 0.2) is 0 Å². The number of ether oxygens (including phenoxy) is 1. The van der Waals surface area contributed by atoms with Crippen LogP contribution in [-0.4, -0.2) is 12.4 Å². The molecule has 0 aliphatic heterocycles. The summed E-state index contributed by atoms with van der Waals surface area (Å²) in [4.78, 5) is 0. The van der Waals surface area contributed by atoms with E-state index in [-0.39, 0.29) is 5.82 Å². The average Bonchev–Trinajstić information content (AvgIpc) is 2.49. The topological polar surface area (TPSA) is 9.23 Å². The lowest BCUT2D eigenvalue weighted by Gasteiger charge is -2.16. The fraction of sp³-hybridized carbons (Fsp3) is 0.294. The van der Waals surface area contributed by atoms with E-state index in [2.05, 4.69) is 22.0 Å². The van der Waals surface area contributed by atoms with Gasteiger partial charge in [0.1, 0.15) is 11.6 Å². The highest BCUT2D eigenvalue weighted by molar-refractivity contribution is 9.09. The highest BCUT2D eigenvalue weighted by Gasteiger charge is 2.12. The normalized spacial score (nSPS) is 12.2. The van der Waals surface area contributed by atoms with Gasteiger partial charge in [0.25, 0.3) is 0 Å². The molecule has 0 N–H and O–H groups in total. The van der Waals surface area contributed by atoms with Crippen LogP contribution in [0.4, 0.5) is 4.39 Å². The SMILES string of the molecule is COc1cccc(CC(CBr)Cc2ccc(F)cc2Cl)c1. The summed E-state index contributed by atoms with van der Waals surface area (Å²) in [5.74, 6) is 0.952. The second kappa shape index (κ2) is 7.81. The van der Waals surface area contributed by atoms with Crippen LogP contribution in [0.15, 0.2) is 42.5 Å². The molecule has 0 fully saturated rings. The lowest BCUT2D eigenvalue weighted by Crippen LogP contribution is -2.10. The number of benzene rings is 2. The summed E-state index contributed by atoms with van der Waals surface area (Å²) in [6.07, 6.45) is 1.72. The summed E-state index contributed by atoms with van der Waals surface area (Å²) in [5, 5.41) is 1.35. The molecule has 0 heterocycles. The Balaban J connectivity index is 2.09. The highest BCUT2D eigenvalue weighted by Crippen LogP contribution is 2.24. The van der Waals surface area contributed by atoms with Crippen LogP contribution in [0.5, 0.6) is 5.75 Å². The third-order valence-corrected chi connectivity index (χ3v) is 4.67. The second-order valence-corrected chi connectivity index (χ2v) is 6.07. The quantitative estimate of drug-likeness (QED) is 0.627. The van der Waals surface area contributed by atoms with Crippen LogP contribution < -0.4 is 4.74 Å². The van der Waals surface area contributed by atoms with Crippen LogP contribution in [0, 0.1) is 11.7 Å². The first-order valence-corrected chi connectivity index (χ1v) is 8.25. The zero-order valence-electron chi connectivity index (χ0n) is 11.8. The van der Waals surface area contributed by atoms with Crippen molar-refractivity contribution in [3.8, 4) is 5.75 Å². The Labute approximate surface area is 138 Å². The van der Waals surface area contributed by atoms with Gasteiger partial charge in [-0.2, -0.15) is 0 Å². The summed E-state index contributed by atoms with van der Waals surface area (Å²) in [7, 11) is 1.67. The number of rotatable bonds is 6. The van der Waals surface area contributed by atoms with E-state index in [4.69, 9.17) is 16.3 Å². The molecule has 0 saturated heterocycles. The second-order valence-electron chi connectivity index (χ2n) is 5.02. The summed E-state index contributed by atoms with van der Waals surface area (Å²) in [6.45, 7) is 0. The molecule has 0 bridgehead atoms. The fourth-order valence-electron chi connectivity index (χ4n) is 2.31. The minimum atomic E-state index is -0.299. The van der Waals surface area contributed by atoms with Gasteiger partial charge in [-0.1, -0.05) is 45.7 Å². The predicted molar refractivity (Wildman–Crippen MR) is 89.1 cm³/mol. The molecule has 1 nitrogen and oxygen atoms in total. The zero-order chi connectivity index (χ0) is 15.2. The first-order chi connectivity index (χ1) is 10.1. The van der Waals surface area contributed by atoms with Crippen molar-refractivity contribution in [1.82, 2.24) is 0 Å². The van der Waals surface area contributed by atoms with Crippen molar-refractivity contribution in [3.05, 3.63) is 64.4 Å². The van der Waals surface area contributed by atoms with Gasteiger partial charge in [0.2, 0.25) is 0 Å². The van der Waals surface area contributed by atoms with Crippen molar-refractivity contribution < 1.29 is 9.13 Å². The first-order valence-electron chi connectivity index (χ1n) is 6.75. The number of hydrogen-bond acceptors (Lipinski definition) is 1. The third-order valence-electron chi connectivity index (χ3n) is 3.40. The van der Waals surface area contributed by atoms with Crippen molar-refractivity contribution in [2.45, 2.75) is 12.8 Å². The van der Waals surface area contributed by atoms with E-state index in [9.17, 15) is 4.39 Å². The lowest BCUT2D eigenvalue weighted by molar-refractivity contribution is 0.414. The molecule has 1 unspecified atom stereocenters. The molecule has 4 heteroatoms. The van der Waals surface area contributed by atoms with Crippen LogP contribution in [0.25, 0.3) is 0 Å². The molecule has 1 atom stereocenters. The number of hydrogen-bond donors (Lipinski definition) is 0. The van der Waals surface area contributed by atoms with Crippen molar-refractivity contribution in [1.29, 1.82) is 0 Å². The zero-order valence-corrected chi connectivity index (χ0v) is 14.1. The Morgan fingerprint density at radius 2 is 2.00 bits per heavy atom. The van der Waals surface area contributed by atoms with Gasteiger partial charge in [-0.05, 0) is 54.2 Å². The van der Waals surface area contributed by atoms with Crippen LogP contribution in [0.2, 0.25) is 5.02 Å².